The van der Waals surface area contributed by atoms with Crippen molar-refractivity contribution in [3.63, 3.8) is 0 Å². The summed E-state index contributed by atoms with van der Waals surface area (Å²) in [6.07, 6.45) is 2.10. The number of thiazole rings is 1. The molecule has 0 N–H and O–H groups in total. The molecule has 0 saturated heterocycles. The highest BCUT2D eigenvalue weighted by molar-refractivity contribution is 7.98. The molecule has 0 radical (unpaired) electrons. The van der Waals surface area contributed by atoms with Crippen molar-refractivity contribution in [2.24, 2.45) is 0 Å². The van der Waals surface area contributed by atoms with Gasteiger partial charge in [-0.3, -0.25) is 4.90 Å². The Morgan fingerprint density at radius 3 is 2.59 bits per heavy atom. The summed E-state index contributed by atoms with van der Waals surface area (Å²) in [6, 6.07) is 8.75. The van der Waals surface area contributed by atoms with Crippen molar-refractivity contribution in [3.05, 3.63) is 46.4 Å². The first kappa shape index (κ1) is 12.6. The molecule has 0 saturated carbocycles. The fourth-order valence-corrected chi connectivity index (χ4v) is 2.65. The number of hydrogen-bond donors (Lipinski definition) is 0. The molecule has 0 aliphatic heterocycles. The lowest BCUT2D eigenvalue weighted by Crippen LogP contribution is -2.17. The predicted octanol–water partition coefficient (Wildman–Crippen LogP) is 3.50. The third-order valence-corrected chi connectivity index (χ3v) is 3.91. The molecule has 0 amide bonds. The van der Waals surface area contributed by atoms with Gasteiger partial charge in [-0.1, -0.05) is 12.1 Å². The topological polar surface area (TPSA) is 16.1 Å². The van der Waals surface area contributed by atoms with E-state index < -0.39 is 0 Å². The van der Waals surface area contributed by atoms with Gasteiger partial charge in [-0.15, -0.1) is 23.1 Å². The Hall–Kier alpha value is -0.840. The van der Waals surface area contributed by atoms with Crippen LogP contribution in [-0.2, 0) is 13.1 Å². The van der Waals surface area contributed by atoms with Gasteiger partial charge in [0.15, 0.2) is 0 Å². The van der Waals surface area contributed by atoms with E-state index >= 15 is 0 Å². The normalized spacial score (nSPS) is 11.0. The Balaban J connectivity index is 1.91. The summed E-state index contributed by atoms with van der Waals surface area (Å²) in [7, 11) is 2.13. The molecule has 0 spiro atoms. The molecule has 0 atom stereocenters. The second kappa shape index (κ2) is 6.19. The summed E-state index contributed by atoms with van der Waals surface area (Å²) in [6.45, 7) is 1.87. The van der Waals surface area contributed by atoms with Crippen LogP contribution < -0.4 is 0 Å². The molecule has 4 heteroatoms. The third kappa shape index (κ3) is 3.84. The van der Waals surface area contributed by atoms with E-state index in [2.05, 4.69) is 52.8 Å². The molecule has 1 aromatic heterocycles. The summed E-state index contributed by atoms with van der Waals surface area (Å²) in [4.78, 5) is 7.90. The maximum Gasteiger partial charge on any atom is 0.0795 e. The van der Waals surface area contributed by atoms with E-state index in [9.17, 15) is 0 Å². The summed E-state index contributed by atoms with van der Waals surface area (Å²) in [5.41, 5.74) is 4.38. The number of hydrogen-bond acceptors (Lipinski definition) is 4. The molecule has 1 aromatic carbocycles. The highest BCUT2D eigenvalue weighted by Crippen LogP contribution is 2.16. The fourth-order valence-electron chi connectivity index (χ4n) is 1.69. The summed E-state index contributed by atoms with van der Waals surface area (Å²) >= 11 is 3.43. The average molecular weight is 264 g/mol. The van der Waals surface area contributed by atoms with Crippen LogP contribution in [0.3, 0.4) is 0 Å². The molecule has 90 valence electrons. The third-order valence-electron chi connectivity index (χ3n) is 2.53. The van der Waals surface area contributed by atoms with Crippen LogP contribution in [0.1, 0.15) is 11.3 Å². The monoisotopic (exact) mass is 264 g/mol. The number of rotatable bonds is 5. The molecular weight excluding hydrogens is 248 g/mol. The summed E-state index contributed by atoms with van der Waals surface area (Å²) in [5, 5.41) is 2.10. The van der Waals surface area contributed by atoms with Gasteiger partial charge < -0.3 is 0 Å². The van der Waals surface area contributed by atoms with E-state index in [-0.39, 0.29) is 0 Å². The van der Waals surface area contributed by atoms with Gasteiger partial charge in [-0.2, -0.15) is 0 Å². The first-order chi connectivity index (χ1) is 8.28. The van der Waals surface area contributed by atoms with Gasteiger partial charge in [0, 0.05) is 23.4 Å². The minimum absolute atomic E-state index is 0.910. The van der Waals surface area contributed by atoms with Gasteiger partial charge in [0.05, 0.1) is 11.2 Å². The van der Waals surface area contributed by atoms with Crippen LogP contribution in [0, 0.1) is 0 Å². The number of thioether (sulfide) groups is 1. The minimum Gasteiger partial charge on any atom is -0.296 e. The zero-order valence-corrected chi connectivity index (χ0v) is 11.7. The molecule has 0 bridgehead atoms. The van der Waals surface area contributed by atoms with Crippen LogP contribution in [0.2, 0.25) is 0 Å². The lowest BCUT2D eigenvalue weighted by Gasteiger charge is -2.15. The van der Waals surface area contributed by atoms with Crippen molar-refractivity contribution < 1.29 is 0 Å². The highest BCUT2D eigenvalue weighted by Gasteiger charge is 2.03. The Morgan fingerprint density at radius 2 is 2.00 bits per heavy atom. The van der Waals surface area contributed by atoms with E-state index in [1.54, 1.807) is 23.1 Å². The van der Waals surface area contributed by atoms with E-state index in [4.69, 9.17) is 0 Å². The van der Waals surface area contributed by atoms with Crippen molar-refractivity contribution in [1.82, 2.24) is 9.88 Å². The SMILES string of the molecule is CSc1ccc(CN(C)Cc2cscn2)cc1. The maximum absolute atomic E-state index is 4.30. The van der Waals surface area contributed by atoms with E-state index in [0.29, 0.717) is 0 Å². The molecule has 0 aliphatic carbocycles. The van der Waals surface area contributed by atoms with Crippen molar-refractivity contribution >= 4 is 23.1 Å². The van der Waals surface area contributed by atoms with Gasteiger partial charge in [0.1, 0.15) is 0 Å². The van der Waals surface area contributed by atoms with E-state index in [0.717, 1.165) is 18.8 Å². The average Bonchev–Trinajstić information content (AvgIpc) is 2.82. The van der Waals surface area contributed by atoms with Gasteiger partial charge in [-0.05, 0) is 31.0 Å². The van der Waals surface area contributed by atoms with E-state index in [1.165, 1.54) is 10.5 Å². The van der Waals surface area contributed by atoms with Gasteiger partial charge >= 0.3 is 0 Å². The summed E-state index contributed by atoms with van der Waals surface area (Å²) in [5.74, 6) is 0. The number of nitrogens with zero attached hydrogens (tertiary/aromatic N) is 2. The van der Waals surface area contributed by atoms with Crippen LogP contribution in [0.25, 0.3) is 0 Å². The van der Waals surface area contributed by atoms with Gasteiger partial charge in [0.2, 0.25) is 0 Å². The van der Waals surface area contributed by atoms with Crippen molar-refractivity contribution in [2.45, 2.75) is 18.0 Å². The van der Waals surface area contributed by atoms with Gasteiger partial charge in [-0.25, -0.2) is 4.98 Å². The maximum atomic E-state index is 4.30. The minimum atomic E-state index is 0.910. The molecule has 0 fully saturated rings. The Kier molecular flexibility index (Phi) is 4.59. The molecule has 2 nitrogen and oxygen atoms in total. The predicted molar refractivity (Wildman–Crippen MR) is 75.5 cm³/mol. The van der Waals surface area contributed by atoms with Crippen molar-refractivity contribution in [1.29, 1.82) is 0 Å². The fraction of sp³-hybridized carbons (Fsp3) is 0.308. The zero-order chi connectivity index (χ0) is 12.1. The molecule has 0 aliphatic rings. The quantitative estimate of drug-likeness (QED) is 0.769. The van der Waals surface area contributed by atoms with Crippen molar-refractivity contribution in [2.75, 3.05) is 13.3 Å². The Bertz CT molecular complexity index is 437. The van der Waals surface area contributed by atoms with Crippen molar-refractivity contribution in [3.8, 4) is 0 Å². The zero-order valence-electron chi connectivity index (χ0n) is 10.1. The van der Waals surface area contributed by atoms with Crippen LogP contribution in [0.4, 0.5) is 0 Å². The van der Waals surface area contributed by atoms with Gasteiger partial charge in [0.25, 0.3) is 0 Å². The Morgan fingerprint density at radius 1 is 1.24 bits per heavy atom. The second-order valence-corrected chi connectivity index (χ2v) is 5.60. The standard InChI is InChI=1S/C13H16N2S2/c1-15(8-12-9-17-10-14-12)7-11-3-5-13(16-2)6-4-11/h3-6,9-10H,7-8H2,1-2H3. The second-order valence-electron chi connectivity index (χ2n) is 4.00. The molecular formula is C13H16N2S2. The lowest BCUT2D eigenvalue weighted by molar-refractivity contribution is 0.315. The molecule has 1 heterocycles. The van der Waals surface area contributed by atoms with Crippen LogP contribution in [-0.4, -0.2) is 23.2 Å². The lowest BCUT2D eigenvalue weighted by atomic mass is 10.2. The molecule has 2 rings (SSSR count). The molecule has 2 aromatic rings. The summed E-state index contributed by atoms with van der Waals surface area (Å²) < 4.78 is 0. The smallest absolute Gasteiger partial charge is 0.0795 e. The first-order valence-corrected chi connectivity index (χ1v) is 7.63. The Labute approximate surface area is 111 Å². The first-order valence-electron chi connectivity index (χ1n) is 5.46. The molecule has 0 unspecified atom stereocenters. The number of benzene rings is 1. The number of aromatic nitrogens is 1. The highest BCUT2D eigenvalue weighted by atomic mass is 32.2. The largest absolute Gasteiger partial charge is 0.296 e. The van der Waals surface area contributed by atoms with Crippen LogP contribution in [0.5, 0.6) is 0 Å². The van der Waals surface area contributed by atoms with E-state index in [1.807, 2.05) is 5.51 Å². The van der Waals surface area contributed by atoms with Crippen LogP contribution >= 0.6 is 23.1 Å². The van der Waals surface area contributed by atoms with Crippen LogP contribution in [0.15, 0.2) is 40.1 Å². The molecule has 17 heavy (non-hydrogen) atoms.